The van der Waals surface area contributed by atoms with Crippen LogP contribution >= 0.6 is 43.8 Å². The largest absolute Gasteiger partial charge is 1.00 e. The number of nitriles is 1. The molecule has 2 fully saturated rings. The zero-order chi connectivity index (χ0) is 92.1. The number of nitrogens with zero attached hydrogens (tertiary/aromatic N) is 14. The molecular formula is C107H162B2Br2F2N14NaO10S. The summed E-state index contributed by atoms with van der Waals surface area (Å²) in [4.78, 5) is 46.1. The zero-order valence-corrected chi connectivity index (χ0v) is 82.7. The number of carbonyl (C=O) groups is 2. The van der Waals surface area contributed by atoms with Crippen LogP contribution in [-0.4, -0.2) is 131 Å². The monoisotopic (exact) mass is 2080 g/mol. The summed E-state index contributed by atoms with van der Waals surface area (Å²) >= 11 is 7.94. The van der Waals surface area contributed by atoms with Crippen molar-refractivity contribution in [3.8, 4) is 73.7 Å². The number of aromatic nitrogens is 12. The molecule has 2 unspecified atom stereocenters. The van der Waals surface area contributed by atoms with Gasteiger partial charge >= 0.3 is 70.4 Å². The summed E-state index contributed by atoms with van der Waals surface area (Å²) in [6.45, 7) is 22.7. The van der Waals surface area contributed by atoms with E-state index in [1.165, 1.54) is 6.42 Å². The first kappa shape index (κ1) is 138. The Morgan fingerprint density at radius 2 is 0.755 bits per heavy atom. The van der Waals surface area contributed by atoms with E-state index < -0.39 is 17.9 Å². The molecule has 0 spiro atoms. The summed E-state index contributed by atoms with van der Waals surface area (Å²) in [6.07, 6.45) is 23.1. The van der Waals surface area contributed by atoms with Crippen LogP contribution in [0.4, 0.5) is 8.78 Å². The number of imidazole rings is 6. The van der Waals surface area contributed by atoms with Gasteiger partial charge < -0.3 is 68.2 Å². The summed E-state index contributed by atoms with van der Waals surface area (Å²) in [5.74, 6) is 3.15. The van der Waals surface area contributed by atoms with Gasteiger partial charge in [-0.25, -0.2) is 19.9 Å². The number of carboxylic acid groups (broad SMARTS) is 1. The summed E-state index contributed by atoms with van der Waals surface area (Å²) in [6, 6.07) is 59.7. The van der Waals surface area contributed by atoms with Gasteiger partial charge in [0.2, 0.25) is 11.9 Å². The second kappa shape index (κ2) is 80.6. The summed E-state index contributed by atoms with van der Waals surface area (Å²) in [5.41, 5.74) is 10.4. The van der Waals surface area contributed by atoms with E-state index in [4.69, 9.17) is 39.1 Å². The van der Waals surface area contributed by atoms with Gasteiger partial charge in [-0.15, -0.1) is 0 Å². The summed E-state index contributed by atoms with van der Waals surface area (Å²) in [5, 5.41) is 45.0. The SMILES string of the molecule is C.C.C.C.C.C.C.C.C.CB=NSC#N.CC(=O)O.CCCCn1c(-c2ccccc2)nc(Br)c1CO.CCCCn1c(-c2ccccc2)nc(Br)c1COC1CCCCO1.CCCCn1c(-c2ccccc2)nc(F)c1CO.CCCCn1c(-c2ccccc2)nc(F)c1COC1CCCCO1.CCCCn1c(C=O)cnc1-c1ccccc1.CCCCn1c(CO)cnc1-c1ccccc1.[B].[H-].[Na+]. The average Bonchev–Trinajstić information content (AvgIpc) is 1.69. The number of carboxylic acids is 1. The van der Waals surface area contributed by atoms with Gasteiger partial charge in [0.25, 0.3) is 5.97 Å². The molecule has 6 aromatic carbocycles. The minimum atomic E-state index is -0.833. The number of ether oxygens (including phenoxy) is 4. The minimum absolute atomic E-state index is 0. The second-order valence-corrected chi connectivity index (χ2v) is 31.9. The van der Waals surface area contributed by atoms with E-state index in [-0.39, 0.29) is 151 Å². The number of hydrogen-bond donors (Lipinski definition) is 4. The smallest absolute Gasteiger partial charge is 1.00 e. The first-order chi connectivity index (χ1) is 62.5. The fourth-order valence-corrected chi connectivity index (χ4v) is 14.9. The van der Waals surface area contributed by atoms with Crippen LogP contribution in [0.1, 0.15) is 271 Å². The fourth-order valence-electron chi connectivity index (χ4n) is 13.7. The molecule has 139 heavy (non-hydrogen) atoms. The number of aliphatic hydroxyl groups is 3. The molecule has 2 atom stereocenters. The molecule has 32 heteroatoms. The van der Waals surface area contributed by atoms with Crippen LogP contribution in [0.2, 0.25) is 6.82 Å². The number of hydrogen-bond acceptors (Lipinski definition) is 18. The van der Waals surface area contributed by atoms with Gasteiger partial charge in [0.05, 0.1) is 62.5 Å². The number of carbonyl (C=O) groups excluding carboxylic acids is 1. The van der Waals surface area contributed by atoms with Crippen LogP contribution in [0.3, 0.4) is 0 Å². The first-order valence-electron chi connectivity index (χ1n) is 44.4. The Kier molecular flexibility index (Phi) is 80.3. The van der Waals surface area contributed by atoms with Crippen LogP contribution < -0.4 is 29.6 Å². The molecule has 761 valence electrons. The van der Waals surface area contributed by atoms with Gasteiger partial charge in [-0.3, -0.25) is 9.59 Å². The number of thiocyanates is 1. The first-order valence-corrected chi connectivity index (χ1v) is 46.8. The zero-order valence-electron chi connectivity index (χ0n) is 77.7. The third-order valence-corrected chi connectivity index (χ3v) is 22.1. The van der Waals surface area contributed by atoms with Crippen molar-refractivity contribution in [3.05, 3.63) is 250 Å². The molecule has 8 heterocycles. The van der Waals surface area contributed by atoms with E-state index in [2.05, 4.69) is 128 Å². The predicted molar refractivity (Wildman–Crippen MR) is 579 cm³/mol. The number of aldehydes is 1. The van der Waals surface area contributed by atoms with Crippen molar-refractivity contribution in [2.24, 2.45) is 4.30 Å². The molecule has 4 N–H and O–H groups in total. The Morgan fingerprint density at radius 3 is 1.06 bits per heavy atom. The van der Waals surface area contributed by atoms with Crippen LogP contribution in [0.5, 0.6) is 0 Å². The Morgan fingerprint density at radius 1 is 0.468 bits per heavy atom. The third-order valence-electron chi connectivity index (χ3n) is 20.4. The van der Waals surface area contributed by atoms with Crippen molar-refractivity contribution < 1.29 is 88.7 Å². The maximum Gasteiger partial charge on any atom is 1.00 e. The molecular weight excluding hydrogens is 1920 g/mol. The van der Waals surface area contributed by atoms with Gasteiger partial charge in [-0.1, -0.05) is 329 Å². The van der Waals surface area contributed by atoms with Crippen molar-refractivity contribution in [2.45, 2.75) is 323 Å². The van der Waals surface area contributed by atoms with E-state index in [1.807, 2.05) is 179 Å². The molecule has 0 aliphatic carbocycles. The Bertz CT molecular complexity index is 4980. The van der Waals surface area contributed by atoms with Gasteiger partial charge in [0.15, 0.2) is 18.9 Å². The quantitative estimate of drug-likeness (QED) is 0.0124. The average molecular weight is 2080 g/mol. The molecule has 0 saturated carbocycles. The van der Waals surface area contributed by atoms with Crippen molar-refractivity contribution in [1.29, 1.82) is 5.26 Å². The number of unbranched alkanes of at least 4 members (excludes halogenated alkanes) is 6. The Hall–Kier alpha value is -8.97. The maximum atomic E-state index is 14.5. The number of aliphatic hydroxyl groups excluding tert-OH is 3. The molecule has 12 aromatic rings. The predicted octanol–water partition coefficient (Wildman–Crippen LogP) is 25.9. The standard InChI is InChI=1S/C19H25BrN2O2.C19H25FN2O2.C14H17BrN2O.C14H17FN2O.C14H18N2O.C14H16N2O.C2H3BN2S.C2H4O2.9CH4.B.Na.H/c2*1-2-3-12-22-16(14-24-17-11-7-8-13-23-17)18(20)21-19(22)15-9-5-4-6-10-15;2*1-2-3-9-17-12(10-18)13(15)16-14(17)11-7-5-4-6-8-11;2*1-2-3-9-16-13(11-17)10-15-14(16)12-7-5-4-6-8-12;1-3-5-6-2-4;1-2(3)4;;;;;;;;;;;;/h2*4-6,9-10,17H,2-3,7-8,11-14H2,1H3;2*4-8,18H,2-3,9-10H2,1H3;4-8,10,17H,2-3,9,11H2,1H3;4-8,10-11H,2-3,9H2,1H3;1H3;1H3,(H,3,4);9*1H4;;;/q;;;;;;;;;;;;;;;;;;+1;-1. The molecule has 0 amide bonds. The minimum Gasteiger partial charge on any atom is -1.00 e. The molecule has 0 bridgehead atoms. The van der Waals surface area contributed by atoms with E-state index in [0.717, 1.165) is 263 Å². The van der Waals surface area contributed by atoms with E-state index in [9.17, 15) is 28.9 Å². The molecule has 2 saturated heterocycles. The number of halogens is 4. The van der Waals surface area contributed by atoms with Crippen molar-refractivity contribution in [1.82, 2.24) is 57.3 Å². The van der Waals surface area contributed by atoms with Gasteiger partial charge in [-0.05, 0) is 109 Å². The van der Waals surface area contributed by atoms with Crippen LogP contribution in [0, 0.1) is 22.6 Å². The van der Waals surface area contributed by atoms with Crippen molar-refractivity contribution in [3.63, 3.8) is 0 Å². The number of aliphatic carboxylic acids is 1. The van der Waals surface area contributed by atoms with E-state index >= 15 is 0 Å². The Labute approximate surface area is 879 Å². The van der Waals surface area contributed by atoms with Gasteiger partial charge in [-0.2, -0.15) is 18.7 Å². The van der Waals surface area contributed by atoms with E-state index in [1.54, 1.807) is 36.3 Å². The molecule has 2 aliphatic heterocycles. The Balaban J connectivity index is -0.000000372. The fraction of sp³-hybridized carbons (Fsp3) is 0.467. The summed E-state index contributed by atoms with van der Waals surface area (Å²) in [7, 11) is 1.58. The van der Waals surface area contributed by atoms with Crippen molar-refractivity contribution in [2.75, 3.05) is 13.2 Å². The van der Waals surface area contributed by atoms with Crippen LogP contribution in [-0.2, 0) is 96.0 Å². The van der Waals surface area contributed by atoms with Crippen LogP contribution in [0.15, 0.2) is 208 Å². The third kappa shape index (κ3) is 45.5. The molecule has 14 rings (SSSR count). The summed E-state index contributed by atoms with van der Waals surface area (Å²) < 4.78 is 68.6. The number of benzene rings is 6. The normalized spacial score (nSPS) is 12.1. The number of rotatable bonds is 35. The molecule has 24 nitrogen and oxygen atoms in total. The van der Waals surface area contributed by atoms with Crippen molar-refractivity contribution >= 4 is 71.5 Å². The van der Waals surface area contributed by atoms with E-state index in [0.29, 0.717) is 36.2 Å². The molecule has 3 radical (unpaired) electrons. The second-order valence-electron chi connectivity index (χ2n) is 29.9. The topological polar surface area (TPSA) is 295 Å². The molecule has 2 aliphatic rings. The van der Waals surface area contributed by atoms with Crippen LogP contribution in [0.25, 0.3) is 68.3 Å². The van der Waals surface area contributed by atoms with Gasteiger partial charge in [0, 0.05) is 101 Å². The van der Waals surface area contributed by atoms with Gasteiger partial charge in [0.1, 0.15) is 61.2 Å². The molecule has 6 aromatic heterocycles. The maximum absolute atomic E-state index is 14.5.